The lowest BCUT2D eigenvalue weighted by Gasteiger charge is -2.19. The number of aryl methyl sites for hydroxylation is 1. The maximum atomic E-state index is 11.7. The molecule has 86 valence electrons. The maximum Gasteiger partial charge on any atom is 0.228 e. The fourth-order valence-electron chi connectivity index (χ4n) is 1.84. The fourth-order valence-corrected chi connectivity index (χ4v) is 2.52. The molecule has 0 aromatic heterocycles. The van der Waals surface area contributed by atoms with Gasteiger partial charge in [0.2, 0.25) is 5.91 Å². The van der Waals surface area contributed by atoms with Crippen molar-refractivity contribution < 1.29 is 4.79 Å². The zero-order chi connectivity index (χ0) is 11.9. The second kappa shape index (κ2) is 4.30. The first-order valence-corrected chi connectivity index (χ1v) is 6.34. The van der Waals surface area contributed by atoms with Crippen LogP contribution in [0.3, 0.4) is 0 Å². The van der Waals surface area contributed by atoms with Crippen molar-refractivity contribution in [3.63, 3.8) is 0 Å². The van der Waals surface area contributed by atoms with Crippen molar-refractivity contribution in [1.29, 1.82) is 0 Å². The van der Waals surface area contributed by atoms with E-state index < -0.39 is 0 Å². The van der Waals surface area contributed by atoms with E-state index >= 15 is 0 Å². The molecule has 1 fully saturated rings. The van der Waals surface area contributed by atoms with E-state index in [-0.39, 0.29) is 11.2 Å². The first-order chi connectivity index (χ1) is 7.49. The van der Waals surface area contributed by atoms with Gasteiger partial charge in [-0.05, 0) is 24.6 Å². The Hall–Kier alpha value is -0.680. The van der Waals surface area contributed by atoms with Crippen molar-refractivity contribution in [2.75, 3.05) is 17.2 Å². The molecule has 1 aliphatic rings. The molecular weight excluding hydrogens is 288 g/mol. The summed E-state index contributed by atoms with van der Waals surface area (Å²) in [4.78, 5) is 13.5. The summed E-state index contributed by atoms with van der Waals surface area (Å²) in [5, 5.41) is 0.107. The molecule has 16 heavy (non-hydrogen) atoms. The lowest BCUT2D eigenvalue weighted by atomic mass is 10.2. The van der Waals surface area contributed by atoms with Crippen LogP contribution in [0.4, 0.5) is 11.4 Å². The minimum atomic E-state index is 0.0911. The highest BCUT2D eigenvalue weighted by Crippen LogP contribution is 2.33. The van der Waals surface area contributed by atoms with Gasteiger partial charge in [0.25, 0.3) is 0 Å². The second-order valence-corrected chi connectivity index (χ2v) is 5.61. The van der Waals surface area contributed by atoms with Gasteiger partial charge in [-0.1, -0.05) is 15.9 Å². The average molecular weight is 301 g/mol. The normalized spacial score (nSPS) is 20.6. The fraction of sp³-hybridized carbons (Fsp3) is 0.364. The van der Waals surface area contributed by atoms with Gasteiger partial charge in [0, 0.05) is 22.7 Å². The smallest absolute Gasteiger partial charge is 0.228 e. The highest BCUT2D eigenvalue weighted by molar-refractivity contribution is 9.10. The largest absolute Gasteiger partial charge is 0.397 e. The van der Waals surface area contributed by atoms with Gasteiger partial charge in [-0.25, -0.2) is 0 Å². The van der Waals surface area contributed by atoms with E-state index in [2.05, 4.69) is 28.6 Å². The lowest BCUT2D eigenvalue weighted by Crippen LogP contribution is -2.25. The van der Waals surface area contributed by atoms with Crippen molar-refractivity contribution in [3.05, 3.63) is 22.2 Å². The minimum absolute atomic E-state index is 0.0911. The number of anilines is 2. The Morgan fingerprint density at radius 3 is 2.81 bits per heavy atom. The molecule has 5 heteroatoms. The van der Waals surface area contributed by atoms with E-state index in [4.69, 9.17) is 5.73 Å². The number of amides is 1. The van der Waals surface area contributed by atoms with Crippen LogP contribution in [0.2, 0.25) is 0 Å². The van der Waals surface area contributed by atoms with Gasteiger partial charge in [-0.15, -0.1) is 0 Å². The van der Waals surface area contributed by atoms with Gasteiger partial charge in [0.05, 0.1) is 11.4 Å². The third kappa shape index (κ3) is 2.06. The Morgan fingerprint density at radius 2 is 2.25 bits per heavy atom. The van der Waals surface area contributed by atoms with Gasteiger partial charge >= 0.3 is 0 Å². The zero-order valence-corrected chi connectivity index (χ0v) is 11.4. The molecule has 3 nitrogen and oxygen atoms in total. The summed E-state index contributed by atoms with van der Waals surface area (Å²) in [6.07, 6.45) is 0.484. The van der Waals surface area contributed by atoms with Gasteiger partial charge in [0.1, 0.15) is 0 Å². The van der Waals surface area contributed by atoms with Crippen LogP contribution in [-0.2, 0) is 4.79 Å². The third-order valence-corrected chi connectivity index (χ3v) is 3.90. The number of hydrogen-bond donors (Lipinski definition) is 2. The SMILES string of the molecule is Cc1cc(N2CC(S)CC2=O)c(N)cc1Br. The summed E-state index contributed by atoms with van der Waals surface area (Å²) in [7, 11) is 0. The highest BCUT2D eigenvalue weighted by atomic mass is 79.9. The molecule has 1 aromatic rings. The Kier molecular flexibility index (Phi) is 3.17. The number of rotatable bonds is 1. The van der Waals surface area contributed by atoms with E-state index in [0.717, 1.165) is 15.7 Å². The first kappa shape index (κ1) is 11.8. The Morgan fingerprint density at radius 1 is 1.56 bits per heavy atom. The number of carbonyl (C=O) groups is 1. The van der Waals surface area contributed by atoms with Crippen LogP contribution in [0, 0.1) is 6.92 Å². The molecule has 1 aromatic carbocycles. The predicted octanol–water partition coefficient (Wildman–Crippen LogP) is 2.37. The van der Waals surface area contributed by atoms with Gasteiger partial charge in [-0.2, -0.15) is 12.6 Å². The standard InChI is InChI=1S/C11H13BrN2OS/c1-6-2-10(9(13)4-8(6)12)14-5-7(16)3-11(14)15/h2,4,7,16H,3,5,13H2,1H3. The van der Waals surface area contributed by atoms with E-state index in [0.29, 0.717) is 18.7 Å². The van der Waals surface area contributed by atoms with Crippen molar-refractivity contribution in [2.45, 2.75) is 18.6 Å². The number of nitrogen functional groups attached to an aromatic ring is 1. The summed E-state index contributed by atoms with van der Waals surface area (Å²) in [5.74, 6) is 0.0911. The van der Waals surface area contributed by atoms with Crippen LogP contribution in [0.25, 0.3) is 0 Å². The molecule has 1 heterocycles. The molecule has 0 radical (unpaired) electrons. The van der Waals surface area contributed by atoms with Gasteiger partial charge in [0.15, 0.2) is 0 Å². The van der Waals surface area contributed by atoms with Crippen LogP contribution < -0.4 is 10.6 Å². The summed E-state index contributed by atoms with van der Waals surface area (Å²) < 4.78 is 0.961. The highest BCUT2D eigenvalue weighted by Gasteiger charge is 2.29. The minimum Gasteiger partial charge on any atom is -0.397 e. The Bertz CT molecular complexity index is 450. The molecule has 0 bridgehead atoms. The third-order valence-electron chi connectivity index (χ3n) is 2.70. The van der Waals surface area contributed by atoms with Crippen LogP contribution in [-0.4, -0.2) is 17.7 Å². The molecule has 1 unspecified atom stereocenters. The summed E-state index contributed by atoms with van der Waals surface area (Å²) in [6, 6.07) is 3.77. The van der Waals surface area contributed by atoms with Crippen molar-refractivity contribution in [3.8, 4) is 0 Å². The Balaban J connectivity index is 2.41. The molecule has 0 aliphatic carbocycles. The molecule has 0 saturated carbocycles. The molecule has 1 aliphatic heterocycles. The molecule has 1 saturated heterocycles. The topological polar surface area (TPSA) is 46.3 Å². The summed E-state index contributed by atoms with van der Waals surface area (Å²) in [5.41, 5.74) is 8.41. The number of benzene rings is 1. The maximum absolute atomic E-state index is 11.7. The van der Waals surface area contributed by atoms with E-state index in [1.807, 2.05) is 19.1 Å². The number of thiol groups is 1. The quantitative estimate of drug-likeness (QED) is 0.618. The van der Waals surface area contributed by atoms with Crippen molar-refractivity contribution in [1.82, 2.24) is 0 Å². The van der Waals surface area contributed by atoms with Crippen LogP contribution >= 0.6 is 28.6 Å². The average Bonchev–Trinajstić information content (AvgIpc) is 2.51. The zero-order valence-electron chi connectivity index (χ0n) is 8.90. The van der Waals surface area contributed by atoms with E-state index in [1.165, 1.54) is 0 Å². The van der Waals surface area contributed by atoms with Gasteiger partial charge in [-0.3, -0.25) is 4.79 Å². The van der Waals surface area contributed by atoms with E-state index in [9.17, 15) is 4.79 Å². The number of nitrogens with two attached hydrogens (primary N) is 1. The molecule has 2 rings (SSSR count). The van der Waals surface area contributed by atoms with E-state index in [1.54, 1.807) is 4.90 Å². The van der Waals surface area contributed by atoms with Crippen LogP contribution in [0.5, 0.6) is 0 Å². The number of nitrogens with zero attached hydrogens (tertiary/aromatic N) is 1. The molecular formula is C11H13BrN2OS. The molecule has 1 atom stereocenters. The predicted molar refractivity (Wildman–Crippen MR) is 73.0 cm³/mol. The van der Waals surface area contributed by atoms with Gasteiger partial charge < -0.3 is 10.6 Å². The molecule has 1 amide bonds. The summed E-state index contributed by atoms with van der Waals surface area (Å²) in [6.45, 7) is 2.61. The van der Waals surface area contributed by atoms with Crippen LogP contribution in [0.15, 0.2) is 16.6 Å². The number of carbonyl (C=O) groups excluding carboxylic acids is 1. The first-order valence-electron chi connectivity index (χ1n) is 5.03. The van der Waals surface area contributed by atoms with Crippen molar-refractivity contribution in [2.24, 2.45) is 0 Å². The van der Waals surface area contributed by atoms with Crippen molar-refractivity contribution >= 4 is 45.8 Å². The Labute approximate surface area is 109 Å². The lowest BCUT2D eigenvalue weighted by molar-refractivity contribution is -0.117. The number of halogens is 1. The summed E-state index contributed by atoms with van der Waals surface area (Å²) >= 11 is 7.75. The monoisotopic (exact) mass is 300 g/mol. The van der Waals surface area contributed by atoms with Crippen LogP contribution in [0.1, 0.15) is 12.0 Å². The number of hydrogen-bond acceptors (Lipinski definition) is 3. The molecule has 0 spiro atoms. The second-order valence-electron chi connectivity index (χ2n) is 4.02. The molecule has 2 N–H and O–H groups in total.